The van der Waals surface area contributed by atoms with Crippen LogP contribution in [0.15, 0.2) is 24.4 Å². The number of aldehydes is 1. The van der Waals surface area contributed by atoms with E-state index in [0.29, 0.717) is 6.54 Å². The highest BCUT2D eigenvalue weighted by Crippen LogP contribution is 2.14. The third-order valence-corrected chi connectivity index (χ3v) is 2.04. The van der Waals surface area contributed by atoms with Crippen molar-refractivity contribution in [3.8, 4) is 0 Å². The Balaban J connectivity index is 2.61. The number of carbonyl (C=O) groups excluding carboxylic acids is 1. The Hall–Kier alpha value is -1.64. The van der Waals surface area contributed by atoms with Crippen LogP contribution in [0.3, 0.4) is 0 Å². The van der Waals surface area contributed by atoms with Crippen LogP contribution in [0.25, 0.3) is 10.9 Å². The van der Waals surface area contributed by atoms with E-state index in [4.69, 9.17) is 0 Å². The van der Waals surface area contributed by atoms with Crippen LogP contribution in [0.5, 0.6) is 0 Å². The Morgan fingerprint density at radius 1 is 1.54 bits per heavy atom. The van der Waals surface area contributed by atoms with Crippen molar-refractivity contribution in [1.29, 1.82) is 0 Å². The lowest BCUT2D eigenvalue weighted by Crippen LogP contribution is -1.99. The van der Waals surface area contributed by atoms with E-state index in [0.717, 1.165) is 17.2 Å². The van der Waals surface area contributed by atoms with Crippen molar-refractivity contribution in [1.82, 2.24) is 9.78 Å². The van der Waals surface area contributed by atoms with Gasteiger partial charge in [-0.1, -0.05) is 11.6 Å². The van der Waals surface area contributed by atoms with Crippen LogP contribution < -0.4 is 0 Å². The van der Waals surface area contributed by atoms with Crippen LogP contribution in [-0.4, -0.2) is 16.1 Å². The molecule has 3 nitrogen and oxygen atoms in total. The molecule has 3 heteroatoms. The van der Waals surface area contributed by atoms with Gasteiger partial charge in [-0.15, -0.1) is 0 Å². The summed E-state index contributed by atoms with van der Waals surface area (Å²) in [7, 11) is 0. The molecule has 66 valence electrons. The second-order valence-corrected chi connectivity index (χ2v) is 3.06. The van der Waals surface area contributed by atoms with Crippen molar-refractivity contribution in [3.63, 3.8) is 0 Å². The average Bonchev–Trinajstić information content (AvgIpc) is 2.49. The maximum absolute atomic E-state index is 10.3. The van der Waals surface area contributed by atoms with Gasteiger partial charge in [0.05, 0.1) is 18.3 Å². The van der Waals surface area contributed by atoms with Gasteiger partial charge in [-0.05, 0) is 19.1 Å². The molecule has 0 aliphatic rings. The predicted octanol–water partition coefficient (Wildman–Crippen LogP) is 1.54. The zero-order valence-corrected chi connectivity index (χ0v) is 7.40. The highest BCUT2D eigenvalue weighted by atomic mass is 16.1. The van der Waals surface area contributed by atoms with Gasteiger partial charge in [0.1, 0.15) is 6.29 Å². The van der Waals surface area contributed by atoms with E-state index in [1.54, 1.807) is 10.9 Å². The van der Waals surface area contributed by atoms with Crippen molar-refractivity contribution < 1.29 is 4.79 Å². The molecule has 1 heterocycles. The summed E-state index contributed by atoms with van der Waals surface area (Å²) in [5.74, 6) is 0. The highest BCUT2D eigenvalue weighted by Gasteiger charge is 2.00. The summed E-state index contributed by atoms with van der Waals surface area (Å²) in [6.45, 7) is 2.36. The summed E-state index contributed by atoms with van der Waals surface area (Å²) >= 11 is 0. The van der Waals surface area contributed by atoms with Crippen molar-refractivity contribution in [2.24, 2.45) is 0 Å². The first-order chi connectivity index (χ1) is 6.31. The molecule has 0 fully saturated rings. The maximum atomic E-state index is 10.3. The number of carbonyl (C=O) groups is 1. The van der Waals surface area contributed by atoms with Crippen LogP contribution in [-0.2, 0) is 11.3 Å². The Labute approximate surface area is 76.0 Å². The third-order valence-electron chi connectivity index (χ3n) is 2.04. The topological polar surface area (TPSA) is 34.9 Å². The molecule has 0 unspecified atom stereocenters. The molecule has 0 saturated carbocycles. The van der Waals surface area contributed by atoms with Gasteiger partial charge < -0.3 is 4.79 Å². The van der Waals surface area contributed by atoms with E-state index in [-0.39, 0.29) is 0 Å². The van der Waals surface area contributed by atoms with Crippen LogP contribution in [0, 0.1) is 6.92 Å². The molecule has 0 N–H and O–H groups in total. The summed E-state index contributed by atoms with van der Waals surface area (Å²) in [4.78, 5) is 10.3. The molecule has 13 heavy (non-hydrogen) atoms. The molecular formula is C10H10N2O. The number of fused-ring (bicyclic) bond motifs is 1. The van der Waals surface area contributed by atoms with Gasteiger partial charge in [0.15, 0.2) is 0 Å². The Morgan fingerprint density at radius 3 is 3.15 bits per heavy atom. The fourth-order valence-electron chi connectivity index (χ4n) is 1.42. The largest absolute Gasteiger partial charge is 0.301 e. The fraction of sp³-hybridized carbons (Fsp3) is 0.200. The highest BCUT2D eigenvalue weighted by molar-refractivity contribution is 5.79. The quantitative estimate of drug-likeness (QED) is 0.647. The summed E-state index contributed by atoms with van der Waals surface area (Å²) in [5.41, 5.74) is 2.22. The molecule has 0 saturated heterocycles. The number of aromatic nitrogens is 2. The van der Waals surface area contributed by atoms with Crippen LogP contribution in [0.1, 0.15) is 5.56 Å². The number of rotatable bonds is 2. The fourth-order valence-corrected chi connectivity index (χ4v) is 1.42. The molecule has 1 aromatic heterocycles. The smallest absolute Gasteiger partial charge is 0.141 e. The molecule has 0 atom stereocenters. The first kappa shape index (κ1) is 7.98. The number of nitrogens with zero attached hydrogens (tertiary/aromatic N) is 2. The minimum Gasteiger partial charge on any atom is -0.301 e. The van der Waals surface area contributed by atoms with E-state index in [2.05, 4.69) is 11.2 Å². The van der Waals surface area contributed by atoms with Gasteiger partial charge in [-0.25, -0.2) is 0 Å². The van der Waals surface area contributed by atoms with E-state index >= 15 is 0 Å². The Morgan fingerprint density at radius 2 is 2.38 bits per heavy atom. The second kappa shape index (κ2) is 3.01. The van der Waals surface area contributed by atoms with Crippen molar-refractivity contribution in [2.45, 2.75) is 13.5 Å². The normalized spacial score (nSPS) is 10.5. The summed E-state index contributed by atoms with van der Waals surface area (Å²) < 4.78 is 1.70. The summed E-state index contributed by atoms with van der Waals surface area (Å²) in [6.07, 6.45) is 2.64. The molecule has 0 aliphatic heterocycles. The molecule has 0 amide bonds. The maximum Gasteiger partial charge on any atom is 0.141 e. The zero-order valence-electron chi connectivity index (χ0n) is 7.40. The summed E-state index contributed by atoms with van der Waals surface area (Å²) in [6, 6.07) is 6.07. The molecular weight excluding hydrogens is 164 g/mol. The summed E-state index contributed by atoms with van der Waals surface area (Å²) in [5, 5.41) is 5.20. The predicted molar refractivity (Wildman–Crippen MR) is 50.5 cm³/mol. The van der Waals surface area contributed by atoms with E-state index in [1.807, 2.05) is 19.1 Å². The van der Waals surface area contributed by atoms with E-state index in [1.165, 1.54) is 5.56 Å². The van der Waals surface area contributed by atoms with Gasteiger partial charge in [-0.2, -0.15) is 5.10 Å². The van der Waals surface area contributed by atoms with Crippen LogP contribution in [0.4, 0.5) is 0 Å². The average molecular weight is 174 g/mol. The molecule has 2 aromatic rings. The lowest BCUT2D eigenvalue weighted by atomic mass is 10.2. The van der Waals surface area contributed by atoms with E-state index < -0.39 is 0 Å². The first-order valence-electron chi connectivity index (χ1n) is 4.17. The molecule has 0 aliphatic carbocycles. The second-order valence-electron chi connectivity index (χ2n) is 3.06. The zero-order chi connectivity index (χ0) is 9.26. The molecule has 0 radical (unpaired) electrons. The van der Waals surface area contributed by atoms with E-state index in [9.17, 15) is 4.79 Å². The van der Waals surface area contributed by atoms with Gasteiger partial charge in [0, 0.05) is 5.39 Å². The molecule has 2 rings (SSSR count). The SMILES string of the molecule is Cc1ccc2c(cnn2CC=O)c1. The standard InChI is InChI=1S/C10H10N2O/c1-8-2-3-10-9(6-8)7-11-12(10)4-5-13/h2-3,5-7H,4H2,1H3. The van der Waals surface area contributed by atoms with Gasteiger partial charge in [0.2, 0.25) is 0 Å². The van der Waals surface area contributed by atoms with Gasteiger partial charge in [-0.3, -0.25) is 4.68 Å². The van der Waals surface area contributed by atoms with Crippen molar-refractivity contribution in [2.75, 3.05) is 0 Å². The van der Waals surface area contributed by atoms with Gasteiger partial charge in [0.25, 0.3) is 0 Å². The Kier molecular flexibility index (Phi) is 1.85. The minimum atomic E-state index is 0.326. The molecule has 0 bridgehead atoms. The minimum absolute atomic E-state index is 0.326. The van der Waals surface area contributed by atoms with Gasteiger partial charge >= 0.3 is 0 Å². The number of hydrogen-bond donors (Lipinski definition) is 0. The number of aryl methyl sites for hydroxylation is 1. The Bertz CT molecular complexity index is 445. The molecule has 0 spiro atoms. The van der Waals surface area contributed by atoms with Crippen LogP contribution in [0.2, 0.25) is 0 Å². The number of hydrogen-bond acceptors (Lipinski definition) is 2. The lowest BCUT2D eigenvalue weighted by Gasteiger charge is -1.97. The first-order valence-corrected chi connectivity index (χ1v) is 4.17. The van der Waals surface area contributed by atoms with Crippen molar-refractivity contribution in [3.05, 3.63) is 30.0 Å². The molecule has 1 aromatic carbocycles. The van der Waals surface area contributed by atoms with Crippen molar-refractivity contribution >= 4 is 17.2 Å². The number of benzene rings is 1. The third kappa shape index (κ3) is 1.33. The monoisotopic (exact) mass is 174 g/mol. The lowest BCUT2D eigenvalue weighted by molar-refractivity contribution is -0.108. The van der Waals surface area contributed by atoms with Crippen LogP contribution >= 0.6 is 0 Å².